The molecule has 0 saturated carbocycles. The van der Waals surface area contributed by atoms with E-state index in [0.29, 0.717) is 23.7 Å². The molecule has 0 radical (unpaired) electrons. The van der Waals surface area contributed by atoms with Crippen LogP contribution in [-0.2, 0) is 4.74 Å². The summed E-state index contributed by atoms with van der Waals surface area (Å²) in [7, 11) is 0. The van der Waals surface area contributed by atoms with Crippen LogP contribution >= 0.6 is 11.6 Å². The number of unbranched alkanes of at least 4 members (excludes halogenated alkanes) is 1. The normalized spacial score (nSPS) is 10.3. The molecule has 1 aromatic carbocycles. The van der Waals surface area contributed by atoms with Crippen LogP contribution in [0.25, 0.3) is 0 Å². The molecule has 0 aliphatic rings. The van der Waals surface area contributed by atoms with Crippen molar-refractivity contribution >= 4 is 17.5 Å². The van der Waals surface area contributed by atoms with Crippen LogP contribution in [0.3, 0.4) is 0 Å². The first-order valence-corrected chi connectivity index (χ1v) is 6.73. The number of carbonyl (C=O) groups excluding carboxylic acids is 1. The summed E-state index contributed by atoms with van der Waals surface area (Å²) >= 11 is 5.82. The first kappa shape index (κ1) is 15.0. The van der Waals surface area contributed by atoms with E-state index < -0.39 is 0 Å². The van der Waals surface area contributed by atoms with E-state index in [4.69, 9.17) is 16.3 Å². The lowest BCUT2D eigenvalue weighted by Crippen LogP contribution is -2.25. The van der Waals surface area contributed by atoms with Crippen LogP contribution in [0.2, 0.25) is 5.02 Å². The summed E-state index contributed by atoms with van der Waals surface area (Å²) in [6.45, 7) is 4.25. The molecule has 1 aromatic rings. The molecule has 0 spiro atoms. The molecule has 100 valence electrons. The zero-order valence-electron chi connectivity index (χ0n) is 10.7. The van der Waals surface area contributed by atoms with Gasteiger partial charge in [-0.25, -0.2) is 0 Å². The highest BCUT2D eigenvalue weighted by Crippen LogP contribution is 2.10. The molecule has 0 bridgehead atoms. The monoisotopic (exact) mass is 269 g/mol. The minimum absolute atomic E-state index is 0.0916. The number of rotatable bonds is 8. The molecular weight excluding hydrogens is 250 g/mol. The summed E-state index contributed by atoms with van der Waals surface area (Å²) in [5, 5.41) is 3.41. The molecule has 1 rings (SSSR count). The van der Waals surface area contributed by atoms with E-state index in [9.17, 15) is 4.79 Å². The molecule has 0 atom stereocenters. The minimum Gasteiger partial charge on any atom is -0.381 e. The zero-order chi connectivity index (χ0) is 13.2. The SMILES string of the molecule is CCCCOCCCNC(=O)c1cccc(Cl)c1. The van der Waals surface area contributed by atoms with Gasteiger partial charge in [0.25, 0.3) is 5.91 Å². The number of halogens is 1. The van der Waals surface area contributed by atoms with Gasteiger partial charge in [-0.15, -0.1) is 0 Å². The highest BCUT2D eigenvalue weighted by molar-refractivity contribution is 6.30. The second kappa shape index (κ2) is 8.95. The standard InChI is InChI=1S/C14H20ClNO2/c1-2-3-9-18-10-5-8-16-14(17)12-6-4-7-13(15)11-12/h4,6-7,11H,2-3,5,8-10H2,1H3,(H,16,17). The van der Waals surface area contributed by atoms with Gasteiger partial charge in [-0.2, -0.15) is 0 Å². The minimum atomic E-state index is -0.0916. The number of hydrogen-bond donors (Lipinski definition) is 1. The maximum atomic E-state index is 11.7. The highest BCUT2D eigenvalue weighted by atomic mass is 35.5. The third kappa shape index (κ3) is 6.03. The van der Waals surface area contributed by atoms with E-state index >= 15 is 0 Å². The summed E-state index contributed by atoms with van der Waals surface area (Å²) in [6.07, 6.45) is 3.07. The van der Waals surface area contributed by atoms with Gasteiger partial charge in [0, 0.05) is 30.3 Å². The molecule has 1 amide bonds. The van der Waals surface area contributed by atoms with E-state index in [-0.39, 0.29) is 5.91 Å². The van der Waals surface area contributed by atoms with Crippen molar-refractivity contribution in [2.45, 2.75) is 26.2 Å². The maximum absolute atomic E-state index is 11.7. The van der Waals surface area contributed by atoms with Gasteiger partial charge < -0.3 is 10.1 Å². The fraction of sp³-hybridized carbons (Fsp3) is 0.500. The lowest BCUT2D eigenvalue weighted by molar-refractivity contribution is 0.0940. The summed E-state index contributed by atoms with van der Waals surface area (Å²) in [6, 6.07) is 6.93. The van der Waals surface area contributed by atoms with Crippen molar-refractivity contribution in [3.05, 3.63) is 34.9 Å². The van der Waals surface area contributed by atoms with Crippen molar-refractivity contribution in [1.82, 2.24) is 5.32 Å². The number of hydrogen-bond acceptors (Lipinski definition) is 2. The second-order valence-electron chi connectivity index (χ2n) is 4.09. The van der Waals surface area contributed by atoms with Crippen LogP contribution in [0.4, 0.5) is 0 Å². The number of nitrogens with one attached hydrogen (secondary N) is 1. The lowest BCUT2D eigenvalue weighted by atomic mass is 10.2. The first-order valence-electron chi connectivity index (χ1n) is 6.35. The van der Waals surface area contributed by atoms with Crippen LogP contribution in [0, 0.1) is 0 Å². The number of ether oxygens (including phenoxy) is 1. The predicted octanol–water partition coefficient (Wildman–Crippen LogP) is 3.28. The Morgan fingerprint density at radius 2 is 2.11 bits per heavy atom. The molecule has 4 heteroatoms. The second-order valence-corrected chi connectivity index (χ2v) is 4.52. The van der Waals surface area contributed by atoms with Gasteiger partial charge in [-0.1, -0.05) is 31.0 Å². The van der Waals surface area contributed by atoms with Crippen LogP contribution < -0.4 is 5.32 Å². The van der Waals surface area contributed by atoms with Gasteiger partial charge in [-0.05, 0) is 31.0 Å². The Balaban J connectivity index is 2.14. The number of amides is 1. The molecule has 0 aliphatic carbocycles. The van der Waals surface area contributed by atoms with Crippen LogP contribution in [0.1, 0.15) is 36.5 Å². The Kier molecular flexibility index (Phi) is 7.46. The maximum Gasteiger partial charge on any atom is 0.251 e. The summed E-state index contributed by atoms with van der Waals surface area (Å²) < 4.78 is 5.41. The van der Waals surface area contributed by atoms with Gasteiger partial charge in [0.2, 0.25) is 0 Å². The average Bonchev–Trinajstić information content (AvgIpc) is 2.37. The third-order valence-electron chi connectivity index (χ3n) is 2.48. The van der Waals surface area contributed by atoms with Crippen molar-refractivity contribution in [1.29, 1.82) is 0 Å². The molecule has 18 heavy (non-hydrogen) atoms. The fourth-order valence-electron chi connectivity index (χ4n) is 1.46. The predicted molar refractivity (Wildman–Crippen MR) is 74.1 cm³/mol. The van der Waals surface area contributed by atoms with Crippen LogP contribution in [-0.4, -0.2) is 25.7 Å². The molecule has 1 N–H and O–H groups in total. The Bertz CT molecular complexity index is 369. The fourth-order valence-corrected chi connectivity index (χ4v) is 1.65. The Hall–Kier alpha value is -1.06. The largest absolute Gasteiger partial charge is 0.381 e. The molecule has 0 saturated heterocycles. The highest BCUT2D eigenvalue weighted by Gasteiger charge is 2.04. The zero-order valence-corrected chi connectivity index (χ0v) is 11.5. The molecule has 3 nitrogen and oxygen atoms in total. The Morgan fingerprint density at radius 3 is 2.83 bits per heavy atom. The van der Waals surface area contributed by atoms with Crippen molar-refractivity contribution in [2.24, 2.45) is 0 Å². The van der Waals surface area contributed by atoms with Gasteiger partial charge in [0.15, 0.2) is 0 Å². The van der Waals surface area contributed by atoms with E-state index in [1.54, 1.807) is 24.3 Å². The van der Waals surface area contributed by atoms with Gasteiger partial charge in [0.05, 0.1) is 0 Å². The van der Waals surface area contributed by atoms with Crippen molar-refractivity contribution in [3.63, 3.8) is 0 Å². The van der Waals surface area contributed by atoms with E-state index in [0.717, 1.165) is 25.9 Å². The Morgan fingerprint density at radius 1 is 1.33 bits per heavy atom. The van der Waals surface area contributed by atoms with Gasteiger partial charge >= 0.3 is 0 Å². The summed E-state index contributed by atoms with van der Waals surface area (Å²) in [5.74, 6) is -0.0916. The molecule has 0 aliphatic heterocycles. The lowest BCUT2D eigenvalue weighted by Gasteiger charge is -2.06. The van der Waals surface area contributed by atoms with Crippen LogP contribution in [0.5, 0.6) is 0 Å². The van der Waals surface area contributed by atoms with E-state index in [2.05, 4.69) is 12.2 Å². The van der Waals surface area contributed by atoms with Gasteiger partial charge in [-0.3, -0.25) is 4.79 Å². The smallest absolute Gasteiger partial charge is 0.251 e. The third-order valence-corrected chi connectivity index (χ3v) is 2.72. The van der Waals surface area contributed by atoms with Crippen LogP contribution in [0.15, 0.2) is 24.3 Å². The van der Waals surface area contributed by atoms with Crippen molar-refractivity contribution < 1.29 is 9.53 Å². The molecule has 0 heterocycles. The van der Waals surface area contributed by atoms with E-state index in [1.165, 1.54) is 0 Å². The average molecular weight is 270 g/mol. The molecular formula is C14H20ClNO2. The van der Waals surface area contributed by atoms with Crippen molar-refractivity contribution in [3.8, 4) is 0 Å². The number of carbonyl (C=O) groups is 1. The molecule has 0 aromatic heterocycles. The first-order chi connectivity index (χ1) is 8.74. The van der Waals surface area contributed by atoms with Crippen molar-refractivity contribution in [2.75, 3.05) is 19.8 Å². The van der Waals surface area contributed by atoms with Gasteiger partial charge in [0.1, 0.15) is 0 Å². The summed E-state index contributed by atoms with van der Waals surface area (Å²) in [5.41, 5.74) is 0.592. The topological polar surface area (TPSA) is 38.3 Å². The summed E-state index contributed by atoms with van der Waals surface area (Å²) in [4.78, 5) is 11.7. The van der Waals surface area contributed by atoms with E-state index in [1.807, 2.05) is 0 Å². The Labute approximate surface area is 113 Å². The number of benzene rings is 1. The molecule has 0 unspecified atom stereocenters. The molecule has 0 fully saturated rings. The quantitative estimate of drug-likeness (QED) is 0.736.